The first-order valence-corrected chi connectivity index (χ1v) is 11.4. The number of imidazole rings is 1. The van der Waals surface area contributed by atoms with Crippen molar-refractivity contribution in [3.63, 3.8) is 0 Å². The van der Waals surface area contributed by atoms with Gasteiger partial charge < -0.3 is 5.32 Å². The molecule has 0 atom stereocenters. The van der Waals surface area contributed by atoms with E-state index in [-0.39, 0.29) is 5.91 Å². The molecular formula is C30H24N3O+. The Bertz CT molecular complexity index is 1730. The monoisotopic (exact) mass is 442 g/mol. The molecule has 1 N–H and O–H groups in total. The Balaban J connectivity index is 1.80. The van der Waals surface area contributed by atoms with Crippen LogP contribution in [0.2, 0.25) is 0 Å². The largest absolute Gasteiger partial charge is 0.326 e. The second-order valence-corrected chi connectivity index (χ2v) is 8.66. The molecule has 0 aliphatic heterocycles. The average Bonchev–Trinajstić information content (AvgIpc) is 3.19. The van der Waals surface area contributed by atoms with E-state index >= 15 is 0 Å². The first kappa shape index (κ1) is 20.2. The van der Waals surface area contributed by atoms with Crippen molar-refractivity contribution in [3.05, 3.63) is 103 Å². The number of aromatic nitrogens is 2. The van der Waals surface area contributed by atoms with E-state index in [1.165, 1.54) is 0 Å². The van der Waals surface area contributed by atoms with Crippen LogP contribution >= 0.6 is 0 Å². The Morgan fingerprint density at radius 1 is 0.735 bits per heavy atom. The van der Waals surface area contributed by atoms with Gasteiger partial charge in [0.25, 0.3) is 0 Å². The highest BCUT2D eigenvalue weighted by atomic mass is 16.1. The number of anilines is 1. The molecule has 164 valence electrons. The quantitative estimate of drug-likeness (QED) is 0.317. The number of nitrogens with one attached hydrogen (secondary N) is 1. The number of fused-ring (bicyclic) bond motifs is 3. The van der Waals surface area contributed by atoms with Crippen LogP contribution in [0, 0.1) is 0 Å². The summed E-state index contributed by atoms with van der Waals surface area (Å²) in [5, 5.41) is 7.63. The van der Waals surface area contributed by atoms with Crippen molar-refractivity contribution >= 4 is 44.2 Å². The van der Waals surface area contributed by atoms with Gasteiger partial charge in [0.1, 0.15) is 5.69 Å². The molecule has 0 bridgehead atoms. The number of aryl methyl sites for hydroxylation is 1. The fourth-order valence-corrected chi connectivity index (χ4v) is 5.01. The van der Waals surface area contributed by atoms with Gasteiger partial charge in [0.2, 0.25) is 12.2 Å². The van der Waals surface area contributed by atoms with Crippen LogP contribution in [0.1, 0.15) is 6.92 Å². The van der Waals surface area contributed by atoms with Gasteiger partial charge in [-0.1, -0.05) is 72.8 Å². The normalized spacial score (nSPS) is 11.4. The third kappa shape index (κ3) is 3.15. The van der Waals surface area contributed by atoms with Crippen molar-refractivity contribution < 1.29 is 9.36 Å². The van der Waals surface area contributed by atoms with Gasteiger partial charge in [-0.3, -0.25) is 4.79 Å². The number of rotatable bonds is 3. The first-order chi connectivity index (χ1) is 16.6. The lowest BCUT2D eigenvalue weighted by Crippen LogP contribution is -2.25. The number of carbonyl (C=O) groups is 1. The topological polar surface area (TPSA) is 37.9 Å². The van der Waals surface area contributed by atoms with E-state index in [9.17, 15) is 4.79 Å². The minimum Gasteiger partial charge on any atom is -0.326 e. The molecule has 0 unspecified atom stereocenters. The highest BCUT2D eigenvalue weighted by Crippen LogP contribution is 2.43. The third-order valence-electron chi connectivity index (χ3n) is 6.47. The zero-order chi connectivity index (χ0) is 23.2. The second kappa shape index (κ2) is 7.85. The summed E-state index contributed by atoms with van der Waals surface area (Å²) < 4.78 is 4.39. The van der Waals surface area contributed by atoms with Gasteiger partial charge in [0.15, 0.2) is 11.0 Å². The van der Waals surface area contributed by atoms with Crippen LogP contribution in [0.3, 0.4) is 0 Å². The predicted octanol–water partition coefficient (Wildman–Crippen LogP) is 6.39. The SMILES string of the molecule is CC(=O)Nc1ccc2ccccc2c1-c1c(-n2c[n+](C)c3ccccc32)ccc2ccccc12. The maximum Gasteiger partial charge on any atom is 0.249 e. The summed E-state index contributed by atoms with van der Waals surface area (Å²) in [7, 11) is 2.07. The van der Waals surface area contributed by atoms with Crippen LogP contribution in [0.5, 0.6) is 0 Å². The van der Waals surface area contributed by atoms with Crippen LogP contribution in [0.15, 0.2) is 103 Å². The highest BCUT2D eigenvalue weighted by Gasteiger charge is 2.23. The Morgan fingerprint density at radius 3 is 2.09 bits per heavy atom. The molecule has 5 aromatic carbocycles. The Labute approximate surface area is 197 Å². The standard InChI is InChI=1S/C30H23N3O/c1-20(34)31-25-17-15-21-9-3-5-11-23(21)29(25)30-24-12-6-4-10-22(24)16-18-28(30)33-19-32(2)26-13-7-8-14-27(26)33/h3-19H,1-2H3/p+1. The number of benzene rings is 5. The van der Waals surface area contributed by atoms with Crippen molar-refractivity contribution in [2.75, 3.05) is 5.32 Å². The Hall–Kier alpha value is -4.44. The molecule has 0 saturated carbocycles. The molecule has 1 aromatic heterocycles. The van der Waals surface area contributed by atoms with E-state index in [0.29, 0.717) is 0 Å². The highest BCUT2D eigenvalue weighted by molar-refractivity contribution is 6.14. The number of hydrogen-bond acceptors (Lipinski definition) is 1. The first-order valence-electron chi connectivity index (χ1n) is 11.4. The summed E-state index contributed by atoms with van der Waals surface area (Å²) >= 11 is 0. The maximum atomic E-state index is 12.2. The van der Waals surface area contributed by atoms with Crippen molar-refractivity contribution in [2.24, 2.45) is 7.05 Å². The summed E-state index contributed by atoms with van der Waals surface area (Å²) in [6.45, 7) is 1.56. The molecule has 6 aromatic rings. The van der Waals surface area contributed by atoms with E-state index < -0.39 is 0 Å². The van der Waals surface area contributed by atoms with Gasteiger partial charge in [-0.25, -0.2) is 4.57 Å². The van der Waals surface area contributed by atoms with E-state index in [0.717, 1.165) is 55.1 Å². The summed E-state index contributed by atoms with van der Waals surface area (Å²) in [5.41, 5.74) is 6.29. The van der Waals surface area contributed by atoms with Gasteiger partial charge in [-0.2, -0.15) is 4.57 Å². The minimum absolute atomic E-state index is 0.0869. The second-order valence-electron chi connectivity index (χ2n) is 8.66. The van der Waals surface area contributed by atoms with Crippen LogP contribution in [-0.2, 0) is 11.8 Å². The number of hydrogen-bond donors (Lipinski definition) is 1. The van der Waals surface area contributed by atoms with Gasteiger partial charge in [-0.15, -0.1) is 0 Å². The maximum absolute atomic E-state index is 12.2. The zero-order valence-corrected chi connectivity index (χ0v) is 19.1. The summed E-state index contributed by atoms with van der Waals surface area (Å²) in [6.07, 6.45) is 2.13. The number of carbonyl (C=O) groups excluding carboxylic acids is 1. The lowest BCUT2D eigenvalue weighted by Gasteiger charge is -2.18. The number of para-hydroxylation sites is 2. The Kier molecular flexibility index (Phi) is 4.66. The molecule has 4 nitrogen and oxygen atoms in total. The Morgan fingerprint density at radius 2 is 1.35 bits per heavy atom. The molecule has 0 aliphatic carbocycles. The zero-order valence-electron chi connectivity index (χ0n) is 19.1. The molecule has 34 heavy (non-hydrogen) atoms. The molecule has 0 radical (unpaired) electrons. The summed E-state index contributed by atoms with van der Waals surface area (Å²) in [5.74, 6) is -0.0869. The van der Waals surface area contributed by atoms with Crippen molar-refractivity contribution in [1.82, 2.24) is 4.57 Å². The van der Waals surface area contributed by atoms with Crippen molar-refractivity contribution in [3.8, 4) is 16.8 Å². The van der Waals surface area contributed by atoms with Crippen LogP contribution in [-0.4, -0.2) is 10.5 Å². The lowest BCUT2D eigenvalue weighted by atomic mass is 9.90. The van der Waals surface area contributed by atoms with Crippen molar-refractivity contribution in [1.29, 1.82) is 0 Å². The van der Waals surface area contributed by atoms with Crippen molar-refractivity contribution in [2.45, 2.75) is 6.92 Å². The lowest BCUT2D eigenvalue weighted by molar-refractivity contribution is -0.645. The molecule has 6 rings (SSSR count). The smallest absolute Gasteiger partial charge is 0.249 e. The summed E-state index contributed by atoms with van der Waals surface area (Å²) in [4.78, 5) is 12.2. The fourth-order valence-electron chi connectivity index (χ4n) is 5.01. The van der Waals surface area contributed by atoms with Gasteiger partial charge in [0, 0.05) is 23.7 Å². The van der Waals surface area contributed by atoms with Crippen LogP contribution in [0.25, 0.3) is 49.4 Å². The number of nitrogens with zero attached hydrogens (tertiary/aromatic N) is 2. The summed E-state index contributed by atoms with van der Waals surface area (Å²) in [6, 6.07) is 33.6. The average molecular weight is 443 g/mol. The van der Waals surface area contributed by atoms with E-state index in [1.807, 2.05) is 12.1 Å². The molecule has 0 spiro atoms. The molecule has 0 saturated heterocycles. The van der Waals surface area contributed by atoms with E-state index in [4.69, 9.17) is 0 Å². The number of amides is 1. The van der Waals surface area contributed by atoms with Crippen LogP contribution in [0.4, 0.5) is 5.69 Å². The predicted molar refractivity (Wildman–Crippen MR) is 139 cm³/mol. The molecular weight excluding hydrogens is 418 g/mol. The van der Waals surface area contributed by atoms with E-state index in [1.54, 1.807) is 6.92 Å². The van der Waals surface area contributed by atoms with Gasteiger partial charge in [-0.05, 0) is 45.8 Å². The molecule has 1 amide bonds. The molecule has 0 aliphatic rings. The molecule has 4 heteroatoms. The molecule has 0 fully saturated rings. The third-order valence-corrected chi connectivity index (χ3v) is 6.47. The van der Waals surface area contributed by atoms with Crippen LogP contribution < -0.4 is 9.88 Å². The minimum atomic E-state index is -0.0869. The van der Waals surface area contributed by atoms with E-state index in [2.05, 4.69) is 113 Å². The van der Waals surface area contributed by atoms with Gasteiger partial charge >= 0.3 is 0 Å². The van der Waals surface area contributed by atoms with Gasteiger partial charge in [0.05, 0.1) is 7.05 Å². The molecule has 1 heterocycles. The fraction of sp³-hybridized carbons (Fsp3) is 0.0667.